The quantitative estimate of drug-likeness (QED) is 0.600. The summed E-state index contributed by atoms with van der Waals surface area (Å²) in [6, 6.07) is 7.41. The van der Waals surface area contributed by atoms with Gasteiger partial charge >= 0.3 is 0 Å². The molecule has 0 saturated heterocycles. The Labute approximate surface area is 160 Å². The van der Waals surface area contributed by atoms with Crippen LogP contribution < -0.4 is 9.64 Å². The van der Waals surface area contributed by atoms with Gasteiger partial charge in [-0.2, -0.15) is 0 Å². The fourth-order valence-corrected chi connectivity index (χ4v) is 4.17. The fourth-order valence-electron chi connectivity index (χ4n) is 2.34. The molecule has 0 unspecified atom stereocenters. The lowest BCUT2D eigenvalue weighted by molar-refractivity contribution is -0.115. The maximum Gasteiger partial charge on any atom is 0.230 e. The molecule has 1 aromatic carbocycles. The van der Waals surface area contributed by atoms with Crippen LogP contribution in [0.15, 0.2) is 34.8 Å². The van der Waals surface area contributed by atoms with E-state index in [1.807, 2.05) is 48.2 Å². The van der Waals surface area contributed by atoms with Crippen molar-refractivity contribution in [1.29, 1.82) is 0 Å². The smallest absolute Gasteiger partial charge is 0.230 e. The maximum atomic E-state index is 12.3. The monoisotopic (exact) mass is 389 g/mol. The number of aromatic nitrogens is 4. The number of hydrogen-bond donors (Lipinski definition) is 0. The molecule has 0 atom stereocenters. The molecule has 0 spiro atoms. The second-order valence-electron chi connectivity index (χ2n) is 5.53. The molecule has 0 radical (unpaired) electrons. The van der Waals surface area contributed by atoms with E-state index in [4.69, 9.17) is 4.74 Å². The van der Waals surface area contributed by atoms with Crippen LogP contribution in [-0.2, 0) is 17.6 Å². The zero-order chi connectivity index (χ0) is 18.7. The van der Waals surface area contributed by atoms with Gasteiger partial charge in [-0.05, 0) is 19.1 Å². The molecule has 136 valence electrons. The predicted molar refractivity (Wildman–Crippen MR) is 103 cm³/mol. The number of nitrogens with zero attached hydrogens (tertiary/aromatic N) is 5. The Morgan fingerprint density at radius 3 is 2.77 bits per heavy atom. The van der Waals surface area contributed by atoms with E-state index in [0.29, 0.717) is 22.3 Å². The molecule has 0 bridgehead atoms. The van der Waals surface area contributed by atoms with Gasteiger partial charge in [0.25, 0.3) is 0 Å². The first-order chi connectivity index (χ1) is 12.5. The van der Waals surface area contributed by atoms with Crippen molar-refractivity contribution >= 4 is 39.8 Å². The van der Waals surface area contributed by atoms with Gasteiger partial charge in [-0.1, -0.05) is 23.9 Å². The standard InChI is InChI=1S/C17H19N5O2S2/c1-11-19-20-17(21(11)3)26-10-13-9-25-16(18-13)22(12(2)23)14-7-5-6-8-15(14)24-4/h5-9H,10H2,1-4H3. The molecular weight excluding hydrogens is 370 g/mol. The fraction of sp³-hybridized carbons (Fsp3) is 0.294. The van der Waals surface area contributed by atoms with Crippen molar-refractivity contribution in [2.24, 2.45) is 7.05 Å². The molecular formula is C17H19N5O2S2. The molecule has 7 nitrogen and oxygen atoms in total. The highest BCUT2D eigenvalue weighted by molar-refractivity contribution is 7.98. The molecule has 26 heavy (non-hydrogen) atoms. The number of aryl methyl sites for hydroxylation is 1. The Morgan fingerprint density at radius 1 is 1.35 bits per heavy atom. The lowest BCUT2D eigenvalue weighted by Crippen LogP contribution is -2.23. The van der Waals surface area contributed by atoms with E-state index in [1.54, 1.807) is 23.8 Å². The van der Waals surface area contributed by atoms with E-state index in [0.717, 1.165) is 16.7 Å². The first kappa shape index (κ1) is 18.4. The van der Waals surface area contributed by atoms with E-state index in [-0.39, 0.29) is 5.91 Å². The zero-order valence-electron chi connectivity index (χ0n) is 15.0. The molecule has 0 aliphatic rings. The first-order valence-corrected chi connectivity index (χ1v) is 9.74. The van der Waals surface area contributed by atoms with Crippen molar-refractivity contribution in [2.75, 3.05) is 12.0 Å². The van der Waals surface area contributed by atoms with Crippen LogP contribution in [0.4, 0.5) is 10.8 Å². The van der Waals surface area contributed by atoms with Crippen LogP contribution in [0.3, 0.4) is 0 Å². The Morgan fingerprint density at radius 2 is 2.12 bits per heavy atom. The summed E-state index contributed by atoms with van der Waals surface area (Å²) in [5.41, 5.74) is 1.57. The number of methoxy groups -OCH3 is 1. The number of thiazole rings is 1. The van der Waals surface area contributed by atoms with Crippen LogP contribution in [0.25, 0.3) is 0 Å². The zero-order valence-corrected chi connectivity index (χ0v) is 16.6. The van der Waals surface area contributed by atoms with Gasteiger partial charge in [0.15, 0.2) is 10.3 Å². The van der Waals surface area contributed by atoms with E-state index in [2.05, 4.69) is 15.2 Å². The second kappa shape index (κ2) is 7.88. The Hall–Kier alpha value is -2.39. The summed E-state index contributed by atoms with van der Waals surface area (Å²) in [6.07, 6.45) is 0. The topological polar surface area (TPSA) is 73.1 Å². The van der Waals surface area contributed by atoms with Crippen LogP contribution in [0, 0.1) is 6.92 Å². The third-order valence-electron chi connectivity index (χ3n) is 3.77. The number of benzene rings is 1. The Kier molecular flexibility index (Phi) is 5.58. The lowest BCUT2D eigenvalue weighted by Gasteiger charge is -2.20. The van der Waals surface area contributed by atoms with Gasteiger partial charge in [0.05, 0.1) is 18.5 Å². The van der Waals surface area contributed by atoms with Gasteiger partial charge in [0, 0.05) is 25.1 Å². The number of anilines is 2. The van der Waals surface area contributed by atoms with E-state index >= 15 is 0 Å². The number of ether oxygens (including phenoxy) is 1. The van der Waals surface area contributed by atoms with Gasteiger partial charge in [0.2, 0.25) is 5.91 Å². The third-order valence-corrected chi connectivity index (χ3v) is 5.70. The average Bonchev–Trinajstić information content (AvgIpc) is 3.21. The van der Waals surface area contributed by atoms with Crippen molar-refractivity contribution < 1.29 is 9.53 Å². The number of thioether (sulfide) groups is 1. The van der Waals surface area contributed by atoms with Gasteiger partial charge in [-0.25, -0.2) is 4.98 Å². The lowest BCUT2D eigenvalue weighted by atomic mass is 10.2. The van der Waals surface area contributed by atoms with E-state index < -0.39 is 0 Å². The Bertz CT molecular complexity index is 922. The number of carbonyl (C=O) groups excluding carboxylic acids is 1. The number of amides is 1. The maximum absolute atomic E-state index is 12.3. The normalized spacial score (nSPS) is 10.8. The first-order valence-electron chi connectivity index (χ1n) is 7.88. The molecule has 0 fully saturated rings. The highest BCUT2D eigenvalue weighted by Gasteiger charge is 2.21. The molecule has 3 aromatic rings. The highest BCUT2D eigenvalue weighted by Crippen LogP contribution is 2.36. The minimum absolute atomic E-state index is 0.119. The number of carbonyl (C=O) groups is 1. The molecule has 1 amide bonds. The van der Waals surface area contributed by atoms with Gasteiger partial charge in [0.1, 0.15) is 11.6 Å². The summed E-state index contributed by atoms with van der Waals surface area (Å²) < 4.78 is 7.33. The van der Waals surface area contributed by atoms with Gasteiger partial charge in [-0.15, -0.1) is 21.5 Å². The van der Waals surface area contributed by atoms with Crippen molar-refractivity contribution in [3.8, 4) is 5.75 Å². The summed E-state index contributed by atoms with van der Waals surface area (Å²) in [5.74, 6) is 2.03. The minimum atomic E-state index is -0.119. The molecule has 9 heteroatoms. The van der Waals surface area contributed by atoms with Crippen molar-refractivity contribution in [3.05, 3.63) is 41.2 Å². The average molecular weight is 390 g/mol. The number of para-hydroxylation sites is 2. The van der Waals surface area contributed by atoms with Crippen LogP contribution in [0.2, 0.25) is 0 Å². The second-order valence-corrected chi connectivity index (χ2v) is 7.30. The van der Waals surface area contributed by atoms with Crippen molar-refractivity contribution in [3.63, 3.8) is 0 Å². The minimum Gasteiger partial charge on any atom is -0.495 e. The summed E-state index contributed by atoms with van der Waals surface area (Å²) in [6.45, 7) is 3.43. The highest BCUT2D eigenvalue weighted by atomic mass is 32.2. The molecule has 3 rings (SSSR count). The summed E-state index contributed by atoms with van der Waals surface area (Å²) in [7, 11) is 3.52. The number of rotatable bonds is 6. The molecule has 2 heterocycles. The van der Waals surface area contributed by atoms with E-state index in [9.17, 15) is 4.79 Å². The molecule has 2 aromatic heterocycles. The van der Waals surface area contributed by atoms with Crippen LogP contribution in [-0.4, -0.2) is 32.8 Å². The van der Waals surface area contributed by atoms with Gasteiger partial charge in [-0.3, -0.25) is 9.69 Å². The van der Waals surface area contributed by atoms with Crippen LogP contribution in [0.5, 0.6) is 5.75 Å². The van der Waals surface area contributed by atoms with Gasteiger partial charge < -0.3 is 9.30 Å². The largest absolute Gasteiger partial charge is 0.495 e. The van der Waals surface area contributed by atoms with Crippen LogP contribution in [0.1, 0.15) is 18.4 Å². The summed E-state index contributed by atoms with van der Waals surface area (Å²) in [4.78, 5) is 18.5. The molecule has 0 N–H and O–H groups in total. The summed E-state index contributed by atoms with van der Waals surface area (Å²) >= 11 is 2.99. The predicted octanol–water partition coefficient (Wildman–Crippen LogP) is 3.57. The SMILES string of the molecule is COc1ccccc1N(C(C)=O)c1nc(CSc2nnc(C)n2C)cs1. The Balaban J connectivity index is 1.82. The van der Waals surface area contributed by atoms with Crippen LogP contribution >= 0.6 is 23.1 Å². The molecule has 0 aliphatic carbocycles. The van der Waals surface area contributed by atoms with E-state index in [1.165, 1.54) is 18.3 Å². The summed E-state index contributed by atoms with van der Waals surface area (Å²) in [5, 5.41) is 11.6. The number of hydrogen-bond acceptors (Lipinski definition) is 7. The van der Waals surface area contributed by atoms with Crippen molar-refractivity contribution in [1.82, 2.24) is 19.7 Å². The van der Waals surface area contributed by atoms with Crippen molar-refractivity contribution in [2.45, 2.75) is 24.8 Å². The third kappa shape index (κ3) is 3.73. The molecule has 0 saturated carbocycles. The molecule has 0 aliphatic heterocycles.